The van der Waals surface area contributed by atoms with Gasteiger partial charge in [-0.25, -0.2) is 32.6 Å². The number of carbonyl (C=O) groups excluding carboxylic acids is 8. The minimum atomic E-state index is -4.88. The molecule has 2 aliphatic heterocycles. The van der Waals surface area contributed by atoms with Gasteiger partial charge in [0.2, 0.25) is 41.0 Å². The summed E-state index contributed by atoms with van der Waals surface area (Å²) in [7, 11) is -5.96. The first-order valence-electron chi connectivity index (χ1n) is 37.8. The summed E-state index contributed by atoms with van der Waals surface area (Å²) >= 11 is 0. The van der Waals surface area contributed by atoms with Crippen molar-refractivity contribution in [2.45, 2.75) is 245 Å². The normalized spacial score (nSPS) is 23.5. The molecule has 2 aromatic carbocycles. The predicted octanol–water partition coefficient (Wildman–Crippen LogP) is 10.6. The van der Waals surface area contributed by atoms with E-state index < -0.39 is 179 Å². The Kier molecular flexibility index (Phi) is 25.5. The minimum absolute atomic E-state index is 0.0278. The van der Waals surface area contributed by atoms with Gasteiger partial charge in [0, 0.05) is 53.8 Å². The molecular weight excluding hydrogens is 1520 g/mol. The van der Waals surface area contributed by atoms with Crippen molar-refractivity contribution in [2.24, 2.45) is 34.0 Å². The summed E-state index contributed by atoms with van der Waals surface area (Å²) in [6, 6.07) is 8.63. The number of fused-ring (bicyclic) bond motifs is 2. The number of nitrogens with zero attached hydrogens (tertiary/aromatic N) is 4. The molecule has 10 atom stereocenters. The Morgan fingerprint density at radius 1 is 0.708 bits per heavy atom. The topological polar surface area (TPSA) is 368 Å². The van der Waals surface area contributed by atoms with E-state index in [0.29, 0.717) is 98.4 Å². The quantitative estimate of drug-likeness (QED) is 0.0269. The number of allylic oxidation sites excluding steroid dienone is 1. The molecule has 4 heterocycles. The van der Waals surface area contributed by atoms with Crippen LogP contribution in [0, 0.1) is 40.9 Å². The van der Waals surface area contributed by atoms with Gasteiger partial charge in [-0.05, 0) is 159 Å². The molecule has 4 N–H and O–H groups in total. The molecule has 0 bridgehead atoms. The number of nitrogens with one attached hydrogen (secondary N) is 4. The third-order valence-corrected chi connectivity index (χ3v) is 23.4. The number of aromatic nitrogens is 2. The lowest BCUT2D eigenvalue weighted by Gasteiger charge is -2.36. The Bertz CT molecular complexity index is 4590. The molecule has 113 heavy (non-hydrogen) atoms. The number of alkyl carbamates (subject to hydrolysis) is 1. The Hall–Kier alpha value is -8.89. The van der Waals surface area contributed by atoms with Gasteiger partial charge in [-0.1, -0.05) is 67.0 Å². The number of hydrogen-bond acceptors (Lipinski definition) is 23. The molecule has 34 heteroatoms. The summed E-state index contributed by atoms with van der Waals surface area (Å²) in [6.07, 6.45) is -0.709. The summed E-state index contributed by atoms with van der Waals surface area (Å²) < 4.78 is 147. The van der Waals surface area contributed by atoms with Gasteiger partial charge >= 0.3 is 38.8 Å². The van der Waals surface area contributed by atoms with E-state index in [9.17, 15) is 68.4 Å². The van der Waals surface area contributed by atoms with Crippen LogP contribution in [0.1, 0.15) is 180 Å². The first-order valence-corrected chi connectivity index (χ1v) is 40.6. The molecule has 0 spiro atoms. The van der Waals surface area contributed by atoms with Crippen LogP contribution >= 0.6 is 0 Å². The van der Waals surface area contributed by atoms with Crippen LogP contribution in [0.25, 0.3) is 21.7 Å². The van der Waals surface area contributed by atoms with Crippen LogP contribution in [-0.2, 0) is 72.0 Å². The zero-order valence-corrected chi connectivity index (χ0v) is 68.9. The Morgan fingerprint density at radius 3 is 1.87 bits per heavy atom. The number of esters is 1. The molecule has 0 radical (unpaired) electrons. The molecular formula is C79H107F3N8O21S2. The summed E-state index contributed by atoms with van der Waals surface area (Å²) in [5.41, 5.74) is -9.14. The number of likely N-dealkylation sites (tertiary alicyclic amines) is 2. The number of ketones is 1. The molecule has 29 nitrogen and oxygen atoms in total. The van der Waals surface area contributed by atoms with Crippen LogP contribution < -0.4 is 43.8 Å². The third-order valence-electron chi connectivity index (χ3n) is 21.4. The van der Waals surface area contributed by atoms with E-state index in [4.69, 9.17) is 41.5 Å². The number of benzene rings is 2. The minimum Gasteiger partial charge on any atom is -0.497 e. The van der Waals surface area contributed by atoms with Gasteiger partial charge in [0.1, 0.15) is 52.7 Å². The molecule has 4 aliphatic carbocycles. The number of Topliss-reactive ketones (excluding diaryl/α,β-unsaturated/α-hetero) is 1. The summed E-state index contributed by atoms with van der Waals surface area (Å²) in [5.74, 6) is -6.09. The second-order valence-electron chi connectivity index (χ2n) is 34.1. The zero-order valence-electron chi connectivity index (χ0n) is 67.2. The van der Waals surface area contributed by atoms with Gasteiger partial charge in [0.05, 0.1) is 74.4 Å². The number of halogens is 3. The molecule has 622 valence electrons. The molecule has 0 unspecified atom stereocenters. The fourth-order valence-electron chi connectivity index (χ4n) is 14.3. The van der Waals surface area contributed by atoms with Crippen LogP contribution in [0.3, 0.4) is 0 Å². The van der Waals surface area contributed by atoms with Crippen LogP contribution in [0.5, 0.6) is 29.0 Å². The lowest BCUT2D eigenvalue weighted by atomic mass is 9.77. The number of ether oxygens (including phenoxy) is 7. The van der Waals surface area contributed by atoms with E-state index in [1.165, 1.54) is 35.3 Å². The van der Waals surface area contributed by atoms with Crippen molar-refractivity contribution in [1.29, 1.82) is 0 Å². The number of aryl methyl sites for hydroxylation is 1. The number of methoxy groups -OCH3 is 2. The number of hydrogen-bond donors (Lipinski definition) is 4. The first kappa shape index (κ1) is 88.1. The third kappa shape index (κ3) is 20.8. The van der Waals surface area contributed by atoms with Gasteiger partial charge in [0.15, 0.2) is 5.78 Å². The second-order valence-corrected chi connectivity index (χ2v) is 36.6. The van der Waals surface area contributed by atoms with E-state index in [0.717, 1.165) is 10.9 Å². The van der Waals surface area contributed by atoms with Crippen molar-refractivity contribution in [3.05, 3.63) is 79.5 Å². The molecule has 2 saturated heterocycles. The zero-order chi connectivity index (χ0) is 84.0. The largest absolute Gasteiger partial charge is 0.497 e. The van der Waals surface area contributed by atoms with Gasteiger partial charge in [-0.3, -0.25) is 33.6 Å². The van der Waals surface area contributed by atoms with Gasteiger partial charge in [-0.2, -0.15) is 30.0 Å². The van der Waals surface area contributed by atoms with E-state index in [1.54, 1.807) is 119 Å². The smallest absolute Gasteiger partial charge is 0.427 e. The van der Waals surface area contributed by atoms with Crippen molar-refractivity contribution in [3.8, 4) is 29.0 Å². The highest BCUT2D eigenvalue weighted by molar-refractivity contribution is 7.85. The number of rotatable bonds is 31. The van der Waals surface area contributed by atoms with E-state index in [-0.39, 0.29) is 44.7 Å². The predicted molar refractivity (Wildman–Crippen MR) is 408 cm³/mol. The average Bonchev–Trinajstić information content (AvgIpc) is 1.59. The van der Waals surface area contributed by atoms with Gasteiger partial charge < -0.3 is 53.6 Å². The van der Waals surface area contributed by atoms with Crippen molar-refractivity contribution in [3.63, 3.8) is 0 Å². The number of amides is 6. The van der Waals surface area contributed by atoms with E-state index in [1.807, 2.05) is 30.2 Å². The molecule has 6 fully saturated rings. The van der Waals surface area contributed by atoms with Crippen molar-refractivity contribution < 1.29 is 110 Å². The summed E-state index contributed by atoms with van der Waals surface area (Å²) in [4.78, 5) is 123. The molecule has 2 aromatic heterocycles. The molecule has 6 aliphatic rings. The van der Waals surface area contributed by atoms with Crippen molar-refractivity contribution >= 4 is 89.7 Å². The SMILES string of the molecule is C=C[C@@H]1C[C@]1(CC(=O)[C@@H]1C[C@@H](Oc2nccc3cc(OC)ccc23)CN1C(=O)[C@@H](CC(=O)OC(C)(C)C(F)(F)F)C(C)(C)C)C(=O)NS(=O)(=O)OC1(CCC)CC1.C=C[C@@H]1C[C@]1(NC(=O)[C@@H]1C[C@@H](Oc2cc(OCC)nc3c(C)c(OC)ccc23)CN1C(=O)[C@@H](NC(=O)OC(C)(C)C)C(C)(C)C)C(=O)NS(=O)(=O)OC1(C)CC1. The van der Waals surface area contributed by atoms with Crippen LogP contribution in [0.15, 0.2) is 74.0 Å². The second kappa shape index (κ2) is 32.8. The highest BCUT2D eigenvalue weighted by Gasteiger charge is 2.64. The maximum Gasteiger partial charge on any atom is 0.427 e. The number of pyridine rings is 2. The van der Waals surface area contributed by atoms with E-state index in [2.05, 4.69) is 33.8 Å². The average molecular weight is 1630 g/mol. The molecule has 10 rings (SSSR count). The standard InChI is InChI=1S/C40H52F3N3O10S.C39H55N5O11S/c1-9-14-38(15-16-38)56-57(51,52)45-35(50)39(21-25(39)10-2)22-31(47)30-19-27(54-33-28-12-11-26(53-8)18-24(28)13-17-44-33)23-46(30)34(49)29(36(3,4)5)20-32(48)55-37(6,7)40(41,42)43;1-12-23-20-39(23,34(47)43-56(49,50)55-38(10)16-17-38)42-32(45)26-18-24(21-44(26)33(46)31(36(4,5)6)41-35(48)54-37(7,8)9)53-28-19-29(52-13-2)40-30-22(3)27(51-11)15-14-25(28)30/h10-13,17-18,25,27,29-30H,2,9,14-16,19-23H2,1,3-8H3,(H,45,50);12,14-15,19,23-24,26,31H,1,13,16-18,20-21H2,2-11H3,(H,41,48)(H,42,45)(H,43,47)/t25-,27-,29-,30+,39-;23-,24-,26+,31-,39-/m11/s1. The lowest BCUT2D eigenvalue weighted by Crippen LogP contribution is -2.60. The van der Waals surface area contributed by atoms with Crippen LogP contribution in [0.4, 0.5) is 18.0 Å². The van der Waals surface area contributed by atoms with Crippen LogP contribution in [0.2, 0.25) is 0 Å². The molecule has 4 saturated carbocycles. The number of alkyl halides is 3. The number of carbonyl (C=O) groups is 8. The molecule has 6 amide bonds. The highest BCUT2D eigenvalue weighted by atomic mass is 32.2. The highest BCUT2D eigenvalue weighted by Crippen LogP contribution is 2.57. The van der Waals surface area contributed by atoms with Gasteiger partial charge in [0.25, 0.3) is 5.91 Å². The fraction of sp³-hybridized carbons (Fsp3) is 0.620. The van der Waals surface area contributed by atoms with Gasteiger partial charge in [-0.15, -0.1) is 13.2 Å². The summed E-state index contributed by atoms with van der Waals surface area (Å²) in [6.45, 7) is 31.5. The lowest BCUT2D eigenvalue weighted by molar-refractivity contribution is -0.257. The first-order chi connectivity index (χ1) is 52.3. The maximum atomic E-state index is 14.6. The summed E-state index contributed by atoms with van der Waals surface area (Å²) in [5, 5.41) is 7.46. The van der Waals surface area contributed by atoms with Crippen LogP contribution in [-0.4, -0.2) is 182 Å². The van der Waals surface area contributed by atoms with Crippen molar-refractivity contribution in [2.75, 3.05) is 33.9 Å². The maximum absolute atomic E-state index is 14.6. The molecule has 4 aromatic rings. The Balaban J connectivity index is 0.000000259. The Morgan fingerprint density at radius 2 is 1.32 bits per heavy atom. The fourth-order valence-corrected chi connectivity index (χ4v) is 16.6. The Labute approximate surface area is 658 Å². The van der Waals surface area contributed by atoms with E-state index >= 15 is 0 Å². The van der Waals surface area contributed by atoms with Crippen molar-refractivity contribution in [1.82, 2.24) is 39.8 Å². The monoisotopic (exact) mass is 1620 g/mol.